The van der Waals surface area contributed by atoms with Gasteiger partial charge in [-0.05, 0) is 12.8 Å². The van der Waals surface area contributed by atoms with Gasteiger partial charge in [0, 0.05) is 25.4 Å². The molecule has 2 atom stereocenters. The Kier molecular flexibility index (Phi) is 15.7. The fraction of sp³-hybridized carbons (Fsp3) is 0.419. The van der Waals surface area contributed by atoms with Gasteiger partial charge in [0.25, 0.3) is 0 Å². The molecular formula is C31H38N4O12S2. The van der Waals surface area contributed by atoms with E-state index in [-0.39, 0.29) is 31.4 Å². The van der Waals surface area contributed by atoms with Crippen molar-refractivity contribution in [2.75, 3.05) is 45.3 Å². The SMILES string of the molecule is [C-]#[N+]c1cccc(CC(CCS(C)(=O)=O)(NC(=O)OC)C(=O)O)c1.[C-]#[N+]c1cccc(CC(CCS(C)(=O)=O)(NC(=O)OC)C(=O)OC)c1. The minimum Gasteiger partial charge on any atom is -0.479 e. The summed E-state index contributed by atoms with van der Waals surface area (Å²) in [5.74, 6) is -2.94. The minimum absolute atomic E-state index is 0.0480. The van der Waals surface area contributed by atoms with E-state index in [2.05, 4.69) is 29.8 Å². The van der Waals surface area contributed by atoms with Crippen LogP contribution < -0.4 is 10.6 Å². The lowest BCUT2D eigenvalue weighted by Gasteiger charge is -2.31. The van der Waals surface area contributed by atoms with Gasteiger partial charge >= 0.3 is 24.1 Å². The van der Waals surface area contributed by atoms with Crippen LogP contribution in [0.25, 0.3) is 9.69 Å². The molecule has 0 saturated heterocycles. The molecule has 2 aromatic carbocycles. The van der Waals surface area contributed by atoms with E-state index >= 15 is 0 Å². The normalized spacial score (nSPS) is 13.3. The average Bonchev–Trinajstić information content (AvgIpc) is 3.05. The summed E-state index contributed by atoms with van der Waals surface area (Å²) in [5, 5.41) is 14.3. The van der Waals surface area contributed by atoms with E-state index < -0.39 is 60.6 Å². The largest absolute Gasteiger partial charge is 0.479 e. The van der Waals surface area contributed by atoms with Crippen molar-refractivity contribution in [3.63, 3.8) is 0 Å². The summed E-state index contributed by atoms with van der Waals surface area (Å²) in [4.78, 5) is 54.1. The van der Waals surface area contributed by atoms with Crippen LogP contribution in [0.2, 0.25) is 0 Å². The molecule has 49 heavy (non-hydrogen) atoms. The van der Waals surface area contributed by atoms with Gasteiger partial charge in [-0.1, -0.05) is 59.7 Å². The molecule has 2 amide bonds. The van der Waals surface area contributed by atoms with Crippen LogP contribution >= 0.6 is 0 Å². The number of carbonyl (C=O) groups excluding carboxylic acids is 3. The van der Waals surface area contributed by atoms with Gasteiger partial charge in [-0.25, -0.2) is 45.7 Å². The topological polar surface area (TPSA) is 217 Å². The highest BCUT2D eigenvalue weighted by molar-refractivity contribution is 7.90. The van der Waals surface area contributed by atoms with Gasteiger partial charge in [-0.15, -0.1) is 0 Å². The highest BCUT2D eigenvalue weighted by atomic mass is 32.2. The number of carboxylic acids is 1. The molecule has 18 heteroatoms. The molecular weight excluding hydrogens is 684 g/mol. The molecule has 0 aliphatic rings. The fourth-order valence-electron chi connectivity index (χ4n) is 4.43. The number of methoxy groups -OCH3 is 3. The number of hydrogen-bond acceptors (Lipinski definition) is 11. The summed E-state index contributed by atoms with van der Waals surface area (Å²) in [6.07, 6.45) is -0.616. The van der Waals surface area contributed by atoms with Crippen molar-refractivity contribution >= 4 is 55.2 Å². The summed E-state index contributed by atoms with van der Waals surface area (Å²) >= 11 is 0. The summed E-state index contributed by atoms with van der Waals surface area (Å²) in [7, 11) is -3.48. The number of nitrogens with zero attached hydrogens (tertiary/aromatic N) is 2. The van der Waals surface area contributed by atoms with E-state index in [0.717, 1.165) is 33.8 Å². The van der Waals surface area contributed by atoms with Gasteiger partial charge < -0.3 is 30.0 Å². The number of carboxylic acid groups (broad SMARTS) is 1. The molecule has 0 spiro atoms. The summed E-state index contributed by atoms with van der Waals surface area (Å²) in [5.41, 5.74) is -1.77. The Hall–Kier alpha value is -5.20. The second-order valence-corrected chi connectivity index (χ2v) is 15.4. The number of rotatable bonds is 14. The van der Waals surface area contributed by atoms with Crippen molar-refractivity contribution in [1.82, 2.24) is 10.6 Å². The number of ether oxygens (including phenoxy) is 3. The predicted molar refractivity (Wildman–Crippen MR) is 178 cm³/mol. The molecule has 0 heterocycles. The molecule has 2 rings (SSSR count). The lowest BCUT2D eigenvalue weighted by atomic mass is 9.88. The number of benzene rings is 2. The summed E-state index contributed by atoms with van der Waals surface area (Å²) in [6, 6.07) is 12.7. The van der Waals surface area contributed by atoms with Gasteiger partial charge in [-0.3, -0.25) is 0 Å². The number of carbonyl (C=O) groups is 4. The molecule has 266 valence electrons. The Labute approximate surface area is 285 Å². The van der Waals surface area contributed by atoms with E-state index in [1.54, 1.807) is 42.5 Å². The predicted octanol–water partition coefficient (Wildman–Crippen LogP) is 2.88. The van der Waals surface area contributed by atoms with Crippen LogP contribution in [0.4, 0.5) is 21.0 Å². The highest BCUT2D eigenvalue weighted by Gasteiger charge is 2.43. The number of esters is 1. The zero-order valence-corrected chi connectivity index (χ0v) is 29.1. The Bertz CT molecular complexity index is 1820. The van der Waals surface area contributed by atoms with Crippen LogP contribution in [0.5, 0.6) is 0 Å². The van der Waals surface area contributed by atoms with Crippen molar-refractivity contribution in [2.45, 2.75) is 36.8 Å². The standard InChI is InChI=1S/C16H20N2O6S.C15H18N2O6S/c1-17-13-7-5-6-12(10-13)11-16(14(19)23-2,18-15(20)24-3)8-9-25(4,21)22;1-16-12-6-4-5-11(9-12)10-15(13(18)19,17-14(20)23-2)7-8-24(3,21)22/h5-7,10H,8-9,11H2,2-4H3,(H,18,20);4-6,9H,7-8,10H2,2-3H3,(H,17,20)(H,18,19). The van der Waals surface area contributed by atoms with Crippen molar-refractivity contribution in [2.24, 2.45) is 0 Å². The molecule has 3 N–H and O–H groups in total. The summed E-state index contributed by atoms with van der Waals surface area (Å²) in [6.45, 7) is 14.1. The lowest BCUT2D eigenvalue weighted by Crippen LogP contribution is -2.57. The Morgan fingerprint density at radius 3 is 1.45 bits per heavy atom. The van der Waals surface area contributed by atoms with Gasteiger partial charge in [0.2, 0.25) is 0 Å². The van der Waals surface area contributed by atoms with Crippen molar-refractivity contribution in [3.8, 4) is 0 Å². The third kappa shape index (κ3) is 14.2. The fourth-order valence-corrected chi connectivity index (χ4v) is 5.87. The molecule has 0 bridgehead atoms. The number of alkyl carbamates (subject to hydrolysis) is 2. The number of nitrogens with one attached hydrogen (secondary N) is 2. The van der Waals surface area contributed by atoms with E-state index in [1.807, 2.05) is 0 Å². The maximum absolute atomic E-state index is 12.4. The number of hydrogen-bond donors (Lipinski definition) is 3. The molecule has 2 unspecified atom stereocenters. The van der Waals surface area contributed by atoms with Gasteiger partial charge in [0.05, 0.1) is 46.0 Å². The first-order valence-corrected chi connectivity index (χ1v) is 18.2. The molecule has 2 aromatic rings. The molecule has 0 radical (unpaired) electrons. The van der Waals surface area contributed by atoms with Crippen LogP contribution in [0, 0.1) is 13.1 Å². The monoisotopic (exact) mass is 722 g/mol. The van der Waals surface area contributed by atoms with Crippen LogP contribution in [0.15, 0.2) is 48.5 Å². The van der Waals surface area contributed by atoms with Crippen LogP contribution in [-0.4, -0.2) is 102 Å². The van der Waals surface area contributed by atoms with Crippen molar-refractivity contribution < 1.29 is 55.3 Å². The second kappa shape index (κ2) is 18.4. The molecule has 0 aliphatic carbocycles. The van der Waals surface area contributed by atoms with E-state index in [9.17, 15) is 41.1 Å². The molecule has 0 saturated carbocycles. The van der Waals surface area contributed by atoms with Crippen molar-refractivity contribution in [1.29, 1.82) is 0 Å². The maximum Gasteiger partial charge on any atom is 0.407 e. The number of aliphatic carboxylic acids is 1. The zero-order valence-electron chi connectivity index (χ0n) is 27.5. The zero-order chi connectivity index (χ0) is 37.5. The van der Waals surface area contributed by atoms with E-state index in [1.165, 1.54) is 6.07 Å². The van der Waals surface area contributed by atoms with Crippen molar-refractivity contribution in [3.05, 3.63) is 82.5 Å². The highest BCUT2D eigenvalue weighted by Crippen LogP contribution is 2.25. The summed E-state index contributed by atoms with van der Waals surface area (Å²) < 4.78 is 59.8. The Balaban J connectivity index is 0.000000490. The maximum atomic E-state index is 12.4. The minimum atomic E-state index is -3.44. The molecule has 0 aliphatic heterocycles. The smallest absolute Gasteiger partial charge is 0.407 e. The number of sulfone groups is 2. The third-order valence-corrected chi connectivity index (χ3v) is 8.82. The molecule has 16 nitrogen and oxygen atoms in total. The Morgan fingerprint density at radius 2 is 1.10 bits per heavy atom. The van der Waals surface area contributed by atoms with Crippen LogP contribution in [-0.2, 0) is 56.3 Å². The van der Waals surface area contributed by atoms with Gasteiger partial charge in [-0.2, -0.15) is 0 Å². The third-order valence-electron chi connectivity index (χ3n) is 6.93. The second-order valence-electron chi connectivity index (χ2n) is 10.9. The van der Waals surface area contributed by atoms with Gasteiger partial charge in [0.15, 0.2) is 11.4 Å². The first-order valence-electron chi connectivity index (χ1n) is 14.1. The van der Waals surface area contributed by atoms with Gasteiger partial charge in [0.1, 0.15) is 30.8 Å². The number of amides is 2. The lowest BCUT2D eigenvalue weighted by molar-refractivity contribution is -0.148. The first kappa shape index (κ1) is 41.8. The molecule has 0 aromatic heterocycles. The van der Waals surface area contributed by atoms with E-state index in [4.69, 9.17) is 17.9 Å². The first-order chi connectivity index (χ1) is 22.8. The van der Waals surface area contributed by atoms with E-state index in [0.29, 0.717) is 22.5 Å². The quantitative estimate of drug-likeness (QED) is 0.146. The molecule has 0 fully saturated rings. The Morgan fingerprint density at radius 1 is 0.714 bits per heavy atom. The van der Waals surface area contributed by atoms with Crippen LogP contribution in [0.3, 0.4) is 0 Å². The average molecular weight is 723 g/mol. The van der Waals surface area contributed by atoms with Crippen LogP contribution in [0.1, 0.15) is 24.0 Å².